The van der Waals surface area contributed by atoms with Gasteiger partial charge in [-0.15, -0.1) is 0 Å². The number of aromatic nitrogens is 1. The first-order valence-electron chi connectivity index (χ1n) is 10.3. The Hall–Kier alpha value is -2.89. The van der Waals surface area contributed by atoms with Gasteiger partial charge in [-0.3, -0.25) is 4.79 Å². The van der Waals surface area contributed by atoms with Gasteiger partial charge in [0.15, 0.2) is 0 Å². The zero-order valence-electron chi connectivity index (χ0n) is 18.4. The number of carbonyl (C=O) groups is 1. The molecule has 2 aromatic rings. The summed E-state index contributed by atoms with van der Waals surface area (Å²) in [5.41, 5.74) is 5.40. The van der Waals surface area contributed by atoms with E-state index in [4.69, 9.17) is 0 Å². The largest absolute Gasteiger partial charge is 0.349 e. The number of nitrogens with zero attached hydrogens (tertiary/aromatic N) is 3. The van der Waals surface area contributed by atoms with Crippen LogP contribution >= 0.6 is 0 Å². The molecule has 1 N–H and O–H groups in total. The number of nitrogens with one attached hydrogen (secondary N) is 1. The van der Waals surface area contributed by atoms with Gasteiger partial charge in [0.2, 0.25) is 10.0 Å². The molecule has 3 rings (SSSR count). The highest BCUT2D eigenvalue weighted by molar-refractivity contribution is 7.88. The van der Waals surface area contributed by atoms with Crippen molar-refractivity contribution in [3.05, 3.63) is 57.9 Å². The first kappa shape index (κ1) is 22.8. The van der Waals surface area contributed by atoms with Crippen molar-refractivity contribution in [1.29, 1.82) is 5.26 Å². The average Bonchev–Trinajstić information content (AvgIpc) is 2.98. The van der Waals surface area contributed by atoms with Crippen molar-refractivity contribution >= 4 is 27.7 Å². The van der Waals surface area contributed by atoms with E-state index < -0.39 is 15.9 Å². The fourth-order valence-corrected chi connectivity index (χ4v) is 4.82. The minimum atomic E-state index is -3.27. The molecule has 1 aliphatic rings. The van der Waals surface area contributed by atoms with E-state index in [1.165, 1.54) is 10.6 Å². The second kappa shape index (κ2) is 9.08. The topological polar surface area (TPSA) is 95.2 Å². The predicted octanol–water partition coefficient (Wildman–Crippen LogP) is 3.38. The molecule has 1 aromatic heterocycles. The van der Waals surface area contributed by atoms with E-state index in [9.17, 15) is 18.5 Å². The van der Waals surface area contributed by atoms with Crippen LogP contribution in [0.25, 0.3) is 6.08 Å². The summed E-state index contributed by atoms with van der Waals surface area (Å²) in [5, 5.41) is 12.5. The Morgan fingerprint density at radius 3 is 2.71 bits per heavy atom. The predicted molar refractivity (Wildman–Crippen MR) is 122 cm³/mol. The van der Waals surface area contributed by atoms with Crippen molar-refractivity contribution in [3.8, 4) is 6.07 Å². The lowest BCUT2D eigenvalue weighted by Crippen LogP contribution is -2.35. The Morgan fingerprint density at radius 1 is 1.32 bits per heavy atom. The monoisotopic (exact) mass is 440 g/mol. The maximum absolute atomic E-state index is 12.9. The molecule has 0 saturated carbocycles. The molecule has 7 nitrogen and oxygen atoms in total. The van der Waals surface area contributed by atoms with Gasteiger partial charge in [-0.25, -0.2) is 8.42 Å². The van der Waals surface area contributed by atoms with E-state index in [1.807, 2.05) is 32.0 Å². The summed E-state index contributed by atoms with van der Waals surface area (Å²) in [5.74, 6) is -0.471. The van der Waals surface area contributed by atoms with Gasteiger partial charge < -0.3 is 9.88 Å². The highest BCUT2D eigenvalue weighted by Crippen LogP contribution is 2.28. The summed E-state index contributed by atoms with van der Waals surface area (Å²) >= 11 is 0. The minimum Gasteiger partial charge on any atom is -0.349 e. The lowest BCUT2D eigenvalue weighted by atomic mass is 9.99. The number of hydrogen-bond donors (Lipinski definition) is 1. The van der Waals surface area contributed by atoms with Gasteiger partial charge in [0, 0.05) is 36.7 Å². The Kier molecular flexibility index (Phi) is 6.68. The van der Waals surface area contributed by atoms with Crippen molar-refractivity contribution in [2.24, 2.45) is 0 Å². The highest BCUT2D eigenvalue weighted by atomic mass is 32.2. The molecule has 2 heterocycles. The van der Waals surface area contributed by atoms with Crippen molar-refractivity contribution in [2.45, 2.75) is 46.7 Å². The van der Waals surface area contributed by atoms with Crippen LogP contribution in [0.1, 0.15) is 41.4 Å². The van der Waals surface area contributed by atoms with E-state index >= 15 is 0 Å². The number of aryl methyl sites for hydroxylation is 1. The van der Waals surface area contributed by atoms with E-state index in [-0.39, 0.29) is 12.1 Å². The molecule has 0 saturated heterocycles. The molecular formula is C23H28N4O3S. The van der Waals surface area contributed by atoms with Gasteiger partial charge in [0.1, 0.15) is 11.6 Å². The molecule has 0 bridgehead atoms. The lowest BCUT2D eigenvalue weighted by molar-refractivity contribution is -0.112. The lowest BCUT2D eigenvalue weighted by Gasteiger charge is -2.28. The number of nitriles is 1. The molecule has 1 amide bonds. The SMILES string of the molecule is CCCn1c(C)cc(/C=C(/C#N)C(=O)Nc2cccc3c2CCN(S(C)(=O)=O)C3)c1C. The van der Waals surface area contributed by atoms with Crippen LogP contribution in [0.5, 0.6) is 0 Å². The van der Waals surface area contributed by atoms with Crippen LogP contribution in [0.4, 0.5) is 5.69 Å². The summed E-state index contributed by atoms with van der Waals surface area (Å²) < 4.78 is 27.3. The summed E-state index contributed by atoms with van der Waals surface area (Å²) in [4.78, 5) is 12.9. The molecule has 0 spiro atoms. The number of benzene rings is 1. The zero-order chi connectivity index (χ0) is 22.8. The first-order chi connectivity index (χ1) is 14.7. The molecule has 8 heteroatoms. The number of anilines is 1. The van der Waals surface area contributed by atoms with Crippen LogP contribution < -0.4 is 5.32 Å². The quantitative estimate of drug-likeness (QED) is 0.550. The third kappa shape index (κ3) is 4.89. The molecule has 0 atom stereocenters. The number of fused-ring (bicyclic) bond motifs is 1. The first-order valence-corrected chi connectivity index (χ1v) is 12.2. The molecule has 0 radical (unpaired) electrons. The number of sulfonamides is 1. The fourth-order valence-electron chi connectivity index (χ4n) is 4.02. The van der Waals surface area contributed by atoms with Crippen LogP contribution in [0.2, 0.25) is 0 Å². The summed E-state index contributed by atoms with van der Waals surface area (Å²) in [6, 6.07) is 9.44. The van der Waals surface area contributed by atoms with Crippen molar-refractivity contribution in [1.82, 2.24) is 8.87 Å². The molecule has 0 aliphatic carbocycles. The Bertz CT molecular complexity index is 1190. The van der Waals surface area contributed by atoms with Gasteiger partial charge in [0.05, 0.1) is 6.26 Å². The molecule has 1 aromatic carbocycles. The second-order valence-corrected chi connectivity index (χ2v) is 9.87. The Labute approximate surface area is 184 Å². The van der Waals surface area contributed by atoms with Crippen LogP contribution in [-0.2, 0) is 34.3 Å². The Morgan fingerprint density at radius 2 is 2.06 bits per heavy atom. The minimum absolute atomic E-state index is 0.0305. The molecule has 31 heavy (non-hydrogen) atoms. The number of rotatable bonds is 6. The van der Waals surface area contributed by atoms with Crippen LogP contribution in [-0.4, -0.2) is 36.0 Å². The molecule has 164 valence electrons. The molecule has 0 unspecified atom stereocenters. The molecule has 0 fully saturated rings. The zero-order valence-corrected chi connectivity index (χ0v) is 19.2. The van der Waals surface area contributed by atoms with Gasteiger partial charge in [-0.1, -0.05) is 19.1 Å². The van der Waals surface area contributed by atoms with Crippen LogP contribution in [0.15, 0.2) is 29.8 Å². The third-order valence-electron chi connectivity index (χ3n) is 5.67. The summed E-state index contributed by atoms with van der Waals surface area (Å²) in [6.07, 6.45) is 4.33. The molecular weight excluding hydrogens is 412 g/mol. The number of hydrogen-bond acceptors (Lipinski definition) is 4. The van der Waals surface area contributed by atoms with Gasteiger partial charge in [-0.2, -0.15) is 9.57 Å². The third-order valence-corrected chi connectivity index (χ3v) is 6.92. The van der Waals surface area contributed by atoms with E-state index in [0.29, 0.717) is 18.7 Å². The van der Waals surface area contributed by atoms with E-state index in [2.05, 4.69) is 16.8 Å². The second-order valence-electron chi connectivity index (χ2n) is 7.89. The number of carbonyl (C=O) groups excluding carboxylic acids is 1. The normalized spacial score (nSPS) is 14.7. The van der Waals surface area contributed by atoms with Crippen molar-refractivity contribution in [3.63, 3.8) is 0 Å². The van der Waals surface area contributed by atoms with Crippen LogP contribution in [0.3, 0.4) is 0 Å². The smallest absolute Gasteiger partial charge is 0.266 e. The summed E-state index contributed by atoms with van der Waals surface area (Å²) in [6.45, 7) is 7.65. The van der Waals surface area contributed by atoms with Crippen LogP contribution in [0, 0.1) is 25.2 Å². The van der Waals surface area contributed by atoms with Crippen molar-refractivity contribution < 1.29 is 13.2 Å². The highest BCUT2D eigenvalue weighted by Gasteiger charge is 2.25. The maximum Gasteiger partial charge on any atom is 0.266 e. The van der Waals surface area contributed by atoms with Gasteiger partial charge >= 0.3 is 0 Å². The number of amides is 1. The maximum atomic E-state index is 12.9. The Balaban J connectivity index is 1.86. The van der Waals surface area contributed by atoms with Crippen molar-refractivity contribution in [2.75, 3.05) is 18.1 Å². The van der Waals surface area contributed by atoms with Gasteiger partial charge in [0.25, 0.3) is 5.91 Å². The van der Waals surface area contributed by atoms with E-state index in [0.717, 1.165) is 41.0 Å². The summed E-state index contributed by atoms with van der Waals surface area (Å²) in [7, 11) is -3.27. The average molecular weight is 441 g/mol. The standard InChI is InChI=1S/C23H28N4O3S/c1-5-10-27-16(2)12-19(17(27)3)13-20(14-24)23(28)25-22-8-6-7-18-15-26(31(4,29)30)11-9-21(18)22/h6-8,12-13H,5,9-11,15H2,1-4H3,(H,25,28)/b20-13-. The molecule has 1 aliphatic heterocycles. The van der Waals surface area contributed by atoms with Gasteiger partial charge in [-0.05, 0) is 61.6 Å². The fraction of sp³-hybridized carbons (Fsp3) is 0.391. The van der Waals surface area contributed by atoms with E-state index in [1.54, 1.807) is 18.2 Å².